The summed E-state index contributed by atoms with van der Waals surface area (Å²) in [6.07, 6.45) is 0. The first-order valence-electron chi connectivity index (χ1n) is 7.87. The Balaban J connectivity index is 2.21. The standard InChI is InChI=1S/C19H15Cl2NO4S/c1-26-19(23)12-22(18-8-4-6-13-5-2-3-7-15(13)18)27(24,25)14-9-10-16(20)17(21)11-14/h2-11H,12H2,1H3. The quantitative estimate of drug-likeness (QED) is 0.566. The Hall–Kier alpha value is -2.28. The summed E-state index contributed by atoms with van der Waals surface area (Å²) in [5.74, 6) is -0.688. The SMILES string of the molecule is COC(=O)CN(c1cccc2ccccc12)S(=O)(=O)c1ccc(Cl)c(Cl)c1. The molecular weight excluding hydrogens is 409 g/mol. The molecule has 3 aromatic carbocycles. The van der Waals surface area contributed by atoms with Crippen molar-refractivity contribution < 1.29 is 17.9 Å². The van der Waals surface area contributed by atoms with Crippen molar-refractivity contribution in [1.82, 2.24) is 0 Å². The van der Waals surface area contributed by atoms with Crippen LogP contribution in [0.1, 0.15) is 0 Å². The van der Waals surface area contributed by atoms with Gasteiger partial charge in [0.1, 0.15) is 6.54 Å². The van der Waals surface area contributed by atoms with Crippen LogP contribution in [-0.4, -0.2) is 28.0 Å². The van der Waals surface area contributed by atoms with Gasteiger partial charge in [0, 0.05) is 5.39 Å². The van der Waals surface area contributed by atoms with Crippen molar-refractivity contribution in [2.24, 2.45) is 0 Å². The number of benzene rings is 3. The van der Waals surface area contributed by atoms with E-state index < -0.39 is 22.5 Å². The summed E-state index contributed by atoms with van der Waals surface area (Å²) < 4.78 is 32.3. The summed E-state index contributed by atoms with van der Waals surface area (Å²) in [5, 5.41) is 1.87. The molecule has 0 aliphatic carbocycles. The molecule has 0 saturated heterocycles. The lowest BCUT2D eigenvalue weighted by atomic mass is 10.1. The molecule has 0 fully saturated rings. The zero-order chi connectivity index (χ0) is 19.6. The minimum Gasteiger partial charge on any atom is -0.468 e. The highest BCUT2D eigenvalue weighted by Crippen LogP contribution is 2.33. The topological polar surface area (TPSA) is 63.7 Å². The molecule has 8 heteroatoms. The summed E-state index contributed by atoms with van der Waals surface area (Å²) in [6.45, 7) is -0.479. The Bertz CT molecular complexity index is 1110. The number of hydrogen-bond donors (Lipinski definition) is 0. The van der Waals surface area contributed by atoms with Crippen LogP contribution in [-0.2, 0) is 19.6 Å². The van der Waals surface area contributed by atoms with Crippen LogP contribution in [0.25, 0.3) is 10.8 Å². The monoisotopic (exact) mass is 423 g/mol. The number of ether oxygens (including phenoxy) is 1. The van der Waals surface area contributed by atoms with Crippen LogP contribution in [0.4, 0.5) is 5.69 Å². The number of nitrogens with zero attached hydrogens (tertiary/aromatic N) is 1. The summed E-state index contributed by atoms with van der Waals surface area (Å²) in [6, 6.07) is 16.5. The van der Waals surface area contributed by atoms with Crippen LogP contribution in [0.5, 0.6) is 0 Å². The first-order chi connectivity index (χ1) is 12.8. The third-order valence-corrected chi connectivity index (χ3v) is 6.51. The first-order valence-corrected chi connectivity index (χ1v) is 10.1. The minimum atomic E-state index is -4.10. The highest BCUT2D eigenvalue weighted by molar-refractivity contribution is 7.92. The Kier molecular flexibility index (Phi) is 5.60. The molecule has 5 nitrogen and oxygen atoms in total. The third-order valence-electron chi connectivity index (χ3n) is 4.01. The number of sulfonamides is 1. The van der Waals surface area contributed by atoms with Gasteiger partial charge >= 0.3 is 5.97 Å². The van der Waals surface area contributed by atoms with E-state index in [-0.39, 0.29) is 14.9 Å². The van der Waals surface area contributed by atoms with Gasteiger partial charge in [0.25, 0.3) is 10.0 Å². The maximum atomic E-state index is 13.3. The number of hydrogen-bond acceptors (Lipinski definition) is 4. The van der Waals surface area contributed by atoms with Crippen molar-refractivity contribution >= 4 is 55.7 Å². The lowest BCUT2D eigenvalue weighted by Crippen LogP contribution is -2.36. The molecule has 0 heterocycles. The molecule has 0 radical (unpaired) electrons. The average Bonchev–Trinajstić information content (AvgIpc) is 2.67. The zero-order valence-corrected chi connectivity index (χ0v) is 16.6. The van der Waals surface area contributed by atoms with Gasteiger partial charge in [-0.05, 0) is 29.7 Å². The fraction of sp³-hybridized carbons (Fsp3) is 0.105. The van der Waals surface area contributed by atoms with Crippen LogP contribution in [0.2, 0.25) is 10.0 Å². The highest BCUT2D eigenvalue weighted by atomic mass is 35.5. The summed E-state index contributed by atoms with van der Waals surface area (Å²) in [5.41, 5.74) is 0.365. The highest BCUT2D eigenvalue weighted by Gasteiger charge is 2.29. The number of methoxy groups -OCH3 is 1. The molecule has 0 unspecified atom stereocenters. The van der Waals surface area contributed by atoms with Crippen molar-refractivity contribution in [3.8, 4) is 0 Å². The van der Waals surface area contributed by atoms with Gasteiger partial charge < -0.3 is 4.74 Å². The van der Waals surface area contributed by atoms with Gasteiger partial charge in [0.05, 0.1) is 27.7 Å². The number of anilines is 1. The van der Waals surface area contributed by atoms with Crippen molar-refractivity contribution in [1.29, 1.82) is 0 Å². The molecule has 0 aromatic heterocycles. The van der Waals surface area contributed by atoms with E-state index >= 15 is 0 Å². The first kappa shape index (κ1) is 19.5. The third kappa shape index (κ3) is 3.88. The number of rotatable bonds is 5. The Morgan fingerprint density at radius 2 is 1.70 bits per heavy atom. The smallest absolute Gasteiger partial charge is 0.326 e. The predicted molar refractivity (Wildman–Crippen MR) is 107 cm³/mol. The molecule has 0 spiro atoms. The molecule has 27 heavy (non-hydrogen) atoms. The van der Waals surface area contributed by atoms with E-state index in [0.717, 1.165) is 9.69 Å². The van der Waals surface area contributed by atoms with E-state index in [1.807, 2.05) is 18.2 Å². The number of carbonyl (C=O) groups is 1. The van der Waals surface area contributed by atoms with E-state index in [4.69, 9.17) is 27.9 Å². The molecule has 3 rings (SSSR count). The second-order valence-electron chi connectivity index (χ2n) is 5.66. The van der Waals surface area contributed by atoms with Crippen LogP contribution in [0, 0.1) is 0 Å². The second-order valence-corrected chi connectivity index (χ2v) is 8.34. The number of fused-ring (bicyclic) bond motifs is 1. The van der Waals surface area contributed by atoms with Crippen LogP contribution >= 0.6 is 23.2 Å². The van der Waals surface area contributed by atoms with E-state index in [9.17, 15) is 13.2 Å². The minimum absolute atomic E-state index is 0.0752. The molecule has 3 aromatic rings. The maximum Gasteiger partial charge on any atom is 0.326 e. The van der Waals surface area contributed by atoms with Crippen LogP contribution in [0.15, 0.2) is 65.6 Å². The average molecular weight is 424 g/mol. The molecule has 0 aliphatic rings. The van der Waals surface area contributed by atoms with Gasteiger partial charge in [-0.1, -0.05) is 59.6 Å². The number of esters is 1. The van der Waals surface area contributed by atoms with Crippen molar-refractivity contribution in [2.45, 2.75) is 4.90 Å². The van der Waals surface area contributed by atoms with Crippen LogP contribution < -0.4 is 4.31 Å². The molecule has 0 atom stereocenters. The van der Waals surface area contributed by atoms with Gasteiger partial charge in [-0.3, -0.25) is 9.10 Å². The molecule has 0 amide bonds. The van der Waals surface area contributed by atoms with Gasteiger partial charge in [0.2, 0.25) is 0 Å². The van der Waals surface area contributed by atoms with E-state index in [1.54, 1.807) is 24.3 Å². The van der Waals surface area contributed by atoms with Crippen molar-refractivity contribution in [3.05, 3.63) is 70.7 Å². The predicted octanol–water partition coefficient (Wildman–Crippen LogP) is 4.51. The lowest BCUT2D eigenvalue weighted by Gasteiger charge is -2.25. The maximum absolute atomic E-state index is 13.3. The Morgan fingerprint density at radius 1 is 1.00 bits per heavy atom. The van der Waals surface area contributed by atoms with Gasteiger partial charge in [0.15, 0.2) is 0 Å². The second kappa shape index (κ2) is 7.76. The van der Waals surface area contributed by atoms with E-state index in [1.165, 1.54) is 25.3 Å². The molecule has 0 aliphatic heterocycles. The van der Waals surface area contributed by atoms with Gasteiger partial charge in [-0.15, -0.1) is 0 Å². The van der Waals surface area contributed by atoms with Crippen molar-refractivity contribution in [3.63, 3.8) is 0 Å². The zero-order valence-electron chi connectivity index (χ0n) is 14.2. The van der Waals surface area contributed by atoms with E-state index in [0.29, 0.717) is 11.1 Å². The molecule has 0 N–H and O–H groups in total. The fourth-order valence-electron chi connectivity index (χ4n) is 2.67. The largest absolute Gasteiger partial charge is 0.468 e. The Morgan fingerprint density at radius 3 is 2.41 bits per heavy atom. The van der Waals surface area contributed by atoms with Crippen molar-refractivity contribution in [2.75, 3.05) is 18.0 Å². The molecule has 140 valence electrons. The molecule has 0 bridgehead atoms. The normalized spacial score (nSPS) is 11.4. The number of halogens is 2. The summed E-state index contributed by atoms with van der Waals surface area (Å²) in [7, 11) is -2.90. The number of carbonyl (C=O) groups excluding carboxylic acids is 1. The summed E-state index contributed by atoms with van der Waals surface area (Å²) in [4.78, 5) is 11.9. The van der Waals surface area contributed by atoms with Crippen LogP contribution in [0.3, 0.4) is 0 Å². The fourth-order valence-corrected chi connectivity index (χ4v) is 4.49. The Labute approximate surface area is 167 Å². The lowest BCUT2D eigenvalue weighted by molar-refractivity contribution is -0.138. The molecule has 0 saturated carbocycles. The van der Waals surface area contributed by atoms with E-state index in [2.05, 4.69) is 0 Å². The van der Waals surface area contributed by atoms with Gasteiger partial charge in [-0.2, -0.15) is 0 Å². The summed E-state index contributed by atoms with van der Waals surface area (Å²) >= 11 is 11.9. The van der Waals surface area contributed by atoms with Gasteiger partial charge in [-0.25, -0.2) is 8.42 Å². The molecular formula is C19H15Cl2NO4S.